The van der Waals surface area contributed by atoms with E-state index in [0.29, 0.717) is 6.54 Å². The van der Waals surface area contributed by atoms with E-state index in [1.165, 1.54) is 16.5 Å². The van der Waals surface area contributed by atoms with Crippen molar-refractivity contribution in [2.24, 2.45) is 0 Å². The van der Waals surface area contributed by atoms with Crippen LogP contribution < -0.4 is 5.32 Å². The molecule has 2 N–H and O–H groups in total. The predicted molar refractivity (Wildman–Crippen MR) is 99.2 cm³/mol. The highest BCUT2D eigenvalue weighted by molar-refractivity contribution is 5.85. The average Bonchev–Trinajstić information content (AvgIpc) is 2.99. The summed E-state index contributed by atoms with van der Waals surface area (Å²) in [6.45, 7) is 4.81. The van der Waals surface area contributed by atoms with Crippen LogP contribution in [0.1, 0.15) is 36.0 Å². The number of aromatic nitrogens is 1. The fourth-order valence-electron chi connectivity index (χ4n) is 3.20. The fourth-order valence-corrected chi connectivity index (χ4v) is 3.20. The van der Waals surface area contributed by atoms with Gasteiger partial charge < -0.3 is 10.3 Å². The third-order valence-corrected chi connectivity index (χ3v) is 4.54. The first-order valence-electron chi connectivity index (χ1n) is 8.58. The Balaban J connectivity index is 1.62. The van der Waals surface area contributed by atoms with Crippen molar-refractivity contribution in [2.45, 2.75) is 32.6 Å². The number of amides is 1. The molecule has 3 nitrogen and oxygen atoms in total. The minimum absolute atomic E-state index is 0.0728. The van der Waals surface area contributed by atoms with Crippen LogP contribution in [-0.4, -0.2) is 17.4 Å². The van der Waals surface area contributed by atoms with E-state index in [-0.39, 0.29) is 11.8 Å². The van der Waals surface area contributed by atoms with Crippen molar-refractivity contribution in [1.29, 1.82) is 0 Å². The highest BCUT2D eigenvalue weighted by Gasteiger charge is 2.17. The number of aromatic amines is 1. The smallest absolute Gasteiger partial charge is 0.227 e. The van der Waals surface area contributed by atoms with Gasteiger partial charge in [-0.2, -0.15) is 0 Å². The number of hydrogen-bond acceptors (Lipinski definition) is 1. The molecular weight excluding hydrogens is 296 g/mol. The number of nitrogens with one attached hydrogen (secondary N) is 2. The Kier molecular flexibility index (Phi) is 4.99. The van der Waals surface area contributed by atoms with Crippen LogP contribution in [0, 0.1) is 6.92 Å². The first kappa shape index (κ1) is 16.3. The Morgan fingerprint density at radius 2 is 1.96 bits per heavy atom. The van der Waals surface area contributed by atoms with Crippen molar-refractivity contribution < 1.29 is 4.79 Å². The Morgan fingerprint density at radius 3 is 2.71 bits per heavy atom. The molecule has 0 aliphatic rings. The summed E-state index contributed by atoms with van der Waals surface area (Å²) in [5.74, 6) is 0.0381. The molecule has 1 unspecified atom stereocenters. The monoisotopic (exact) mass is 320 g/mol. The fraction of sp³-hybridized carbons (Fsp3) is 0.286. The van der Waals surface area contributed by atoms with E-state index in [4.69, 9.17) is 0 Å². The van der Waals surface area contributed by atoms with Crippen molar-refractivity contribution >= 4 is 16.8 Å². The molecule has 0 spiro atoms. The molecule has 24 heavy (non-hydrogen) atoms. The van der Waals surface area contributed by atoms with Gasteiger partial charge >= 0.3 is 0 Å². The zero-order chi connectivity index (χ0) is 16.9. The minimum Gasteiger partial charge on any atom is -0.361 e. The van der Waals surface area contributed by atoms with Gasteiger partial charge in [0.15, 0.2) is 0 Å². The average molecular weight is 320 g/mol. The normalized spacial score (nSPS) is 12.2. The molecule has 0 fully saturated rings. The molecule has 1 atom stereocenters. The molecule has 0 radical (unpaired) electrons. The Morgan fingerprint density at radius 1 is 1.17 bits per heavy atom. The van der Waals surface area contributed by atoms with Crippen molar-refractivity contribution in [1.82, 2.24) is 10.3 Å². The summed E-state index contributed by atoms with van der Waals surface area (Å²) < 4.78 is 0. The highest BCUT2D eigenvalue weighted by atomic mass is 16.1. The first-order chi connectivity index (χ1) is 11.7. The lowest BCUT2D eigenvalue weighted by atomic mass is 9.95. The van der Waals surface area contributed by atoms with Crippen molar-refractivity contribution in [2.75, 3.05) is 6.54 Å². The van der Waals surface area contributed by atoms with E-state index in [0.717, 1.165) is 23.9 Å². The van der Waals surface area contributed by atoms with Crippen LogP contribution in [0.15, 0.2) is 54.7 Å². The summed E-state index contributed by atoms with van der Waals surface area (Å²) in [5, 5.41) is 4.35. The molecule has 1 aromatic heterocycles. The molecule has 0 saturated carbocycles. The van der Waals surface area contributed by atoms with Crippen molar-refractivity contribution in [3.8, 4) is 0 Å². The first-order valence-corrected chi connectivity index (χ1v) is 8.58. The summed E-state index contributed by atoms with van der Waals surface area (Å²) in [6.07, 6.45) is 3.69. The van der Waals surface area contributed by atoms with Gasteiger partial charge in [0, 0.05) is 23.6 Å². The van der Waals surface area contributed by atoms with Crippen LogP contribution in [0.4, 0.5) is 0 Å². The lowest BCUT2D eigenvalue weighted by molar-refractivity contribution is -0.122. The van der Waals surface area contributed by atoms with Gasteiger partial charge in [0.25, 0.3) is 0 Å². The van der Waals surface area contributed by atoms with Crippen LogP contribution in [0.2, 0.25) is 0 Å². The van der Waals surface area contributed by atoms with Gasteiger partial charge in [-0.15, -0.1) is 0 Å². The second-order valence-corrected chi connectivity index (χ2v) is 6.28. The predicted octanol–water partition coefficient (Wildman–Crippen LogP) is 4.33. The summed E-state index contributed by atoms with van der Waals surface area (Å²) in [6, 6.07) is 16.4. The van der Waals surface area contributed by atoms with Gasteiger partial charge in [0.1, 0.15) is 0 Å². The van der Waals surface area contributed by atoms with E-state index < -0.39 is 0 Å². The number of H-pyrrole nitrogens is 1. The van der Waals surface area contributed by atoms with E-state index in [1.54, 1.807) is 0 Å². The third kappa shape index (κ3) is 3.51. The number of rotatable bonds is 6. The summed E-state index contributed by atoms with van der Waals surface area (Å²) in [7, 11) is 0. The van der Waals surface area contributed by atoms with Crippen LogP contribution >= 0.6 is 0 Å². The lowest BCUT2D eigenvalue weighted by Gasteiger charge is -2.15. The lowest BCUT2D eigenvalue weighted by Crippen LogP contribution is -2.30. The van der Waals surface area contributed by atoms with E-state index in [2.05, 4.69) is 42.3 Å². The molecular formula is C21H24N2O. The minimum atomic E-state index is -0.0728. The Labute approximate surface area is 143 Å². The third-order valence-electron chi connectivity index (χ3n) is 4.54. The van der Waals surface area contributed by atoms with E-state index in [1.807, 2.05) is 36.5 Å². The molecule has 0 saturated heterocycles. The van der Waals surface area contributed by atoms with Crippen LogP contribution in [0.3, 0.4) is 0 Å². The van der Waals surface area contributed by atoms with Crippen LogP contribution in [-0.2, 0) is 11.2 Å². The zero-order valence-corrected chi connectivity index (χ0v) is 14.3. The van der Waals surface area contributed by atoms with Crippen molar-refractivity contribution in [3.05, 3.63) is 71.4 Å². The van der Waals surface area contributed by atoms with Gasteiger partial charge in [-0.05, 0) is 43.0 Å². The largest absolute Gasteiger partial charge is 0.361 e. The second kappa shape index (κ2) is 7.35. The van der Waals surface area contributed by atoms with Gasteiger partial charge in [-0.1, -0.05) is 48.9 Å². The number of carbonyl (C=O) groups is 1. The molecule has 1 heterocycles. The Hall–Kier alpha value is -2.55. The zero-order valence-electron chi connectivity index (χ0n) is 14.3. The topological polar surface area (TPSA) is 44.9 Å². The Bertz CT molecular complexity index is 820. The molecule has 124 valence electrons. The molecule has 0 aliphatic carbocycles. The number of benzene rings is 2. The number of fused-ring (bicyclic) bond motifs is 1. The van der Waals surface area contributed by atoms with Gasteiger partial charge in [0.2, 0.25) is 5.91 Å². The molecule has 3 rings (SSSR count). The number of carbonyl (C=O) groups excluding carboxylic acids is 1. The molecule has 0 aliphatic heterocycles. The molecule has 3 aromatic rings. The maximum absolute atomic E-state index is 12.5. The van der Waals surface area contributed by atoms with Gasteiger partial charge in [-0.3, -0.25) is 4.79 Å². The molecule has 0 bridgehead atoms. The maximum Gasteiger partial charge on any atom is 0.227 e. The van der Waals surface area contributed by atoms with Crippen molar-refractivity contribution in [3.63, 3.8) is 0 Å². The highest BCUT2D eigenvalue weighted by Crippen LogP contribution is 2.21. The van der Waals surface area contributed by atoms with Crippen LogP contribution in [0.5, 0.6) is 0 Å². The number of hydrogen-bond donors (Lipinski definition) is 2. The molecule has 3 heteroatoms. The van der Waals surface area contributed by atoms with Gasteiger partial charge in [0.05, 0.1) is 5.92 Å². The summed E-state index contributed by atoms with van der Waals surface area (Å²) in [4.78, 5) is 15.8. The SMILES string of the molecule is CCC(C(=O)NCCc1c[nH]c2ccc(C)cc12)c1ccccc1. The van der Waals surface area contributed by atoms with Crippen LogP contribution in [0.25, 0.3) is 10.9 Å². The molecule has 1 amide bonds. The summed E-state index contributed by atoms with van der Waals surface area (Å²) in [5.41, 5.74) is 4.74. The second-order valence-electron chi connectivity index (χ2n) is 6.28. The maximum atomic E-state index is 12.5. The number of aryl methyl sites for hydroxylation is 1. The van der Waals surface area contributed by atoms with Gasteiger partial charge in [-0.25, -0.2) is 0 Å². The standard InChI is InChI=1S/C21H24N2O/c1-3-18(16-7-5-4-6-8-16)21(24)22-12-11-17-14-23-20-10-9-15(2)13-19(17)20/h4-10,13-14,18,23H,3,11-12H2,1-2H3,(H,22,24). The molecule has 2 aromatic carbocycles. The summed E-state index contributed by atoms with van der Waals surface area (Å²) >= 11 is 0. The van der Waals surface area contributed by atoms with E-state index in [9.17, 15) is 4.79 Å². The van der Waals surface area contributed by atoms with E-state index >= 15 is 0 Å². The quantitative estimate of drug-likeness (QED) is 0.697.